The van der Waals surface area contributed by atoms with Gasteiger partial charge < -0.3 is 15.0 Å². The number of nitrogens with zero attached hydrogens (tertiary/aromatic N) is 1. The Bertz CT molecular complexity index is 791. The van der Waals surface area contributed by atoms with Crippen LogP contribution in [0.25, 0.3) is 10.1 Å². The molecular formula is C20H26N2O3S. The molecule has 2 atom stereocenters. The first-order chi connectivity index (χ1) is 12.5. The number of esters is 1. The predicted molar refractivity (Wildman–Crippen MR) is 106 cm³/mol. The number of carbonyl (C=O) groups is 2. The molecule has 140 valence electrons. The summed E-state index contributed by atoms with van der Waals surface area (Å²) < 4.78 is 6.09. The molecule has 2 heterocycles. The third kappa shape index (κ3) is 4.01. The Labute approximate surface area is 158 Å². The summed E-state index contributed by atoms with van der Waals surface area (Å²) in [5, 5.41) is 4.22. The molecule has 1 amide bonds. The van der Waals surface area contributed by atoms with Gasteiger partial charge in [-0.25, -0.2) is 4.79 Å². The molecule has 1 N–H and O–H groups in total. The minimum Gasteiger partial charge on any atom is -0.462 e. The van der Waals surface area contributed by atoms with E-state index in [2.05, 4.69) is 19.2 Å². The number of likely N-dealkylation sites (tertiary alicyclic amines) is 1. The van der Waals surface area contributed by atoms with Crippen LogP contribution in [0.3, 0.4) is 0 Å². The number of hydrogen-bond donors (Lipinski definition) is 1. The fraction of sp³-hybridized carbons (Fsp3) is 0.500. The topological polar surface area (TPSA) is 58.6 Å². The molecule has 0 spiro atoms. The summed E-state index contributed by atoms with van der Waals surface area (Å²) in [4.78, 5) is 27.1. The summed E-state index contributed by atoms with van der Waals surface area (Å²) in [5.41, 5.74) is 0.886. The maximum absolute atomic E-state index is 12.6. The lowest BCUT2D eigenvalue weighted by atomic mass is 9.97. The summed E-state index contributed by atoms with van der Waals surface area (Å²) in [6.45, 7) is 6.71. The summed E-state index contributed by atoms with van der Waals surface area (Å²) in [7, 11) is 0. The van der Waals surface area contributed by atoms with Gasteiger partial charge in [0.2, 0.25) is 5.91 Å². The molecule has 26 heavy (non-hydrogen) atoms. The average Bonchev–Trinajstić information content (AvgIpc) is 3.03. The Morgan fingerprint density at radius 2 is 1.96 bits per heavy atom. The number of carbonyl (C=O) groups excluding carboxylic acids is 2. The van der Waals surface area contributed by atoms with E-state index >= 15 is 0 Å². The lowest BCUT2D eigenvalue weighted by molar-refractivity contribution is -0.135. The number of anilines is 1. The highest BCUT2D eigenvalue weighted by atomic mass is 32.1. The number of thiophene rings is 1. The summed E-state index contributed by atoms with van der Waals surface area (Å²) in [5.74, 6) is -0.145. The second-order valence-corrected chi connectivity index (χ2v) is 7.95. The van der Waals surface area contributed by atoms with Gasteiger partial charge in [0.15, 0.2) is 0 Å². The molecule has 0 saturated carbocycles. The highest BCUT2D eigenvalue weighted by Gasteiger charge is 2.28. The molecule has 1 aromatic carbocycles. The van der Waals surface area contributed by atoms with Gasteiger partial charge in [0.1, 0.15) is 4.88 Å². The minimum absolute atomic E-state index is 0.141. The Morgan fingerprint density at radius 1 is 1.23 bits per heavy atom. The maximum Gasteiger partial charge on any atom is 0.348 e. The molecule has 0 aliphatic carbocycles. The van der Waals surface area contributed by atoms with Crippen LogP contribution >= 0.6 is 11.3 Å². The number of piperidine rings is 1. The van der Waals surface area contributed by atoms with Crippen molar-refractivity contribution in [1.29, 1.82) is 0 Å². The van der Waals surface area contributed by atoms with Crippen molar-refractivity contribution in [2.45, 2.75) is 52.1 Å². The molecule has 5 nitrogen and oxygen atoms in total. The Hall–Kier alpha value is -2.08. The van der Waals surface area contributed by atoms with Crippen molar-refractivity contribution in [3.05, 3.63) is 29.1 Å². The lowest BCUT2D eigenvalue weighted by Crippen LogP contribution is -2.49. The highest BCUT2D eigenvalue weighted by Crippen LogP contribution is 2.29. The number of hydrogen-bond acceptors (Lipinski definition) is 5. The van der Waals surface area contributed by atoms with Gasteiger partial charge in [0, 0.05) is 22.5 Å². The summed E-state index contributed by atoms with van der Waals surface area (Å²) >= 11 is 1.42. The van der Waals surface area contributed by atoms with E-state index in [1.807, 2.05) is 29.2 Å². The molecule has 1 saturated heterocycles. The van der Waals surface area contributed by atoms with Crippen LogP contribution in [0.15, 0.2) is 24.3 Å². The maximum atomic E-state index is 12.6. The van der Waals surface area contributed by atoms with Crippen LogP contribution in [0.5, 0.6) is 0 Å². The smallest absolute Gasteiger partial charge is 0.348 e. The summed E-state index contributed by atoms with van der Waals surface area (Å²) in [6, 6.07) is 8.36. The minimum atomic E-state index is -0.286. The zero-order chi connectivity index (χ0) is 18.7. The van der Waals surface area contributed by atoms with Crippen molar-refractivity contribution in [3.63, 3.8) is 0 Å². The van der Waals surface area contributed by atoms with E-state index in [0.29, 0.717) is 23.6 Å². The standard InChI is InChI=1S/C20H26N2O3S/c1-4-25-20(24)18-11-15-10-16(8-9-17(15)26-18)21-12-19(23)22-13(2)6-5-7-14(22)3/h8-11,13-14,21H,4-7,12H2,1-3H3. The molecule has 1 aliphatic rings. The number of benzene rings is 1. The van der Waals surface area contributed by atoms with Crippen LogP contribution in [0.1, 0.15) is 49.7 Å². The van der Waals surface area contributed by atoms with Crippen molar-refractivity contribution >= 4 is 39.0 Å². The number of fused-ring (bicyclic) bond motifs is 1. The van der Waals surface area contributed by atoms with Crippen LogP contribution in [-0.4, -0.2) is 42.0 Å². The van der Waals surface area contributed by atoms with Crippen molar-refractivity contribution in [2.24, 2.45) is 0 Å². The first-order valence-corrected chi connectivity index (χ1v) is 10.1. The normalized spacial score (nSPS) is 20.2. The Morgan fingerprint density at radius 3 is 2.65 bits per heavy atom. The quantitative estimate of drug-likeness (QED) is 0.794. The monoisotopic (exact) mass is 374 g/mol. The van der Waals surface area contributed by atoms with E-state index in [0.717, 1.165) is 28.6 Å². The van der Waals surface area contributed by atoms with E-state index in [-0.39, 0.29) is 18.4 Å². The third-order valence-electron chi connectivity index (χ3n) is 4.92. The van der Waals surface area contributed by atoms with Gasteiger partial charge in [-0.15, -0.1) is 11.3 Å². The predicted octanol–water partition coefficient (Wildman–Crippen LogP) is 4.28. The molecule has 3 rings (SSSR count). The summed E-state index contributed by atoms with van der Waals surface area (Å²) in [6.07, 6.45) is 3.35. The number of ether oxygens (including phenoxy) is 1. The molecule has 1 fully saturated rings. The van der Waals surface area contributed by atoms with Crippen LogP contribution in [0.2, 0.25) is 0 Å². The fourth-order valence-corrected chi connectivity index (χ4v) is 4.57. The highest BCUT2D eigenvalue weighted by molar-refractivity contribution is 7.20. The van der Waals surface area contributed by atoms with Gasteiger partial charge in [-0.1, -0.05) is 0 Å². The van der Waals surface area contributed by atoms with Gasteiger partial charge in [-0.3, -0.25) is 4.79 Å². The average molecular weight is 375 g/mol. The van der Waals surface area contributed by atoms with Crippen LogP contribution in [0, 0.1) is 0 Å². The SMILES string of the molecule is CCOC(=O)c1cc2cc(NCC(=O)N3C(C)CCCC3C)ccc2s1. The number of amides is 1. The zero-order valence-electron chi connectivity index (χ0n) is 15.6. The largest absolute Gasteiger partial charge is 0.462 e. The lowest BCUT2D eigenvalue weighted by Gasteiger charge is -2.39. The van der Waals surface area contributed by atoms with Crippen molar-refractivity contribution < 1.29 is 14.3 Å². The second kappa shape index (κ2) is 8.08. The van der Waals surface area contributed by atoms with E-state index < -0.39 is 0 Å². The first-order valence-electron chi connectivity index (χ1n) is 9.25. The number of nitrogens with one attached hydrogen (secondary N) is 1. The van der Waals surface area contributed by atoms with Gasteiger partial charge in [0.25, 0.3) is 0 Å². The number of rotatable bonds is 5. The van der Waals surface area contributed by atoms with E-state index in [4.69, 9.17) is 4.74 Å². The van der Waals surface area contributed by atoms with E-state index in [1.165, 1.54) is 17.8 Å². The molecule has 1 aromatic heterocycles. The molecule has 2 unspecified atom stereocenters. The molecule has 6 heteroatoms. The Kier molecular flexibility index (Phi) is 5.81. The molecule has 2 aromatic rings. The second-order valence-electron chi connectivity index (χ2n) is 6.87. The van der Waals surface area contributed by atoms with Gasteiger partial charge in [-0.05, 0) is 69.7 Å². The van der Waals surface area contributed by atoms with Crippen molar-refractivity contribution in [1.82, 2.24) is 4.90 Å². The third-order valence-corrected chi connectivity index (χ3v) is 6.01. The molecule has 0 bridgehead atoms. The molecule has 1 aliphatic heterocycles. The Balaban J connectivity index is 1.67. The zero-order valence-corrected chi connectivity index (χ0v) is 16.4. The van der Waals surface area contributed by atoms with Gasteiger partial charge in [-0.2, -0.15) is 0 Å². The first kappa shape index (κ1) is 18.7. The van der Waals surface area contributed by atoms with Gasteiger partial charge >= 0.3 is 5.97 Å². The van der Waals surface area contributed by atoms with Crippen molar-refractivity contribution in [3.8, 4) is 0 Å². The fourth-order valence-electron chi connectivity index (χ4n) is 3.64. The van der Waals surface area contributed by atoms with Crippen LogP contribution in [0.4, 0.5) is 5.69 Å². The molecule has 0 radical (unpaired) electrons. The molecular weight excluding hydrogens is 348 g/mol. The van der Waals surface area contributed by atoms with Crippen LogP contribution in [-0.2, 0) is 9.53 Å². The van der Waals surface area contributed by atoms with Gasteiger partial charge in [0.05, 0.1) is 13.2 Å². The van der Waals surface area contributed by atoms with E-state index in [1.54, 1.807) is 6.92 Å². The van der Waals surface area contributed by atoms with E-state index in [9.17, 15) is 9.59 Å². The van der Waals surface area contributed by atoms with Crippen LogP contribution < -0.4 is 5.32 Å². The van der Waals surface area contributed by atoms with Crippen molar-refractivity contribution in [2.75, 3.05) is 18.5 Å².